The number of piperazine rings is 1. The molecule has 0 N–H and O–H groups in total. The monoisotopic (exact) mass is 392 g/mol. The molecular formula is C18H24N4O4S. The largest absolute Gasteiger partial charge is 0.336 e. The first-order valence-corrected chi connectivity index (χ1v) is 10.9. The molecular weight excluding hydrogens is 368 g/mol. The standard InChI is InChI=1S/C18H24N4O4S/c1-12-14(20-26-19-12)10-17(23)21-7-8-22(16-6-2-5-15(16)21)18(24)13-4-3-9-27(25)11-13/h11,15-16H,2-10H2,1H3/t15-,16+,27?/m0/s1. The molecule has 9 heteroatoms. The minimum atomic E-state index is -1.03. The number of hydrogen-bond donors (Lipinski definition) is 0. The molecule has 1 unspecified atom stereocenters. The van der Waals surface area contributed by atoms with E-state index in [0.29, 0.717) is 42.2 Å². The van der Waals surface area contributed by atoms with Crippen LogP contribution in [-0.4, -0.2) is 67.1 Å². The van der Waals surface area contributed by atoms with E-state index in [9.17, 15) is 13.8 Å². The SMILES string of the molecule is Cc1nonc1CC(=O)N1CCN(C(=O)C2=CS(=O)CCC2)[C@@H]2CCC[C@@H]21. The Morgan fingerprint density at radius 3 is 2.63 bits per heavy atom. The van der Waals surface area contributed by atoms with Crippen molar-refractivity contribution in [3.8, 4) is 0 Å². The zero-order chi connectivity index (χ0) is 19.0. The lowest BCUT2D eigenvalue weighted by molar-refractivity contribution is -0.143. The molecule has 3 heterocycles. The molecule has 0 radical (unpaired) electrons. The Kier molecular flexibility index (Phi) is 5.12. The van der Waals surface area contributed by atoms with E-state index in [2.05, 4.69) is 14.9 Å². The van der Waals surface area contributed by atoms with Crippen molar-refractivity contribution in [3.05, 3.63) is 22.4 Å². The smallest absolute Gasteiger partial charge is 0.250 e. The molecule has 1 aromatic rings. The van der Waals surface area contributed by atoms with Crippen molar-refractivity contribution in [2.24, 2.45) is 0 Å². The van der Waals surface area contributed by atoms with Gasteiger partial charge in [-0.3, -0.25) is 13.8 Å². The quantitative estimate of drug-likeness (QED) is 0.759. The lowest BCUT2D eigenvalue weighted by atomic mass is 10.0. The summed E-state index contributed by atoms with van der Waals surface area (Å²) < 4.78 is 16.5. The van der Waals surface area contributed by atoms with Crippen LogP contribution in [0.25, 0.3) is 0 Å². The number of amides is 2. The molecule has 146 valence electrons. The van der Waals surface area contributed by atoms with Crippen molar-refractivity contribution >= 4 is 22.6 Å². The summed E-state index contributed by atoms with van der Waals surface area (Å²) in [4.78, 5) is 29.7. The lowest BCUT2D eigenvalue weighted by Crippen LogP contribution is -2.60. The second kappa shape index (κ2) is 7.53. The Balaban J connectivity index is 1.48. The summed E-state index contributed by atoms with van der Waals surface area (Å²) >= 11 is 0. The third-order valence-electron chi connectivity index (χ3n) is 5.81. The number of hydrogen-bond acceptors (Lipinski definition) is 6. The first-order valence-electron chi connectivity index (χ1n) is 9.51. The fourth-order valence-corrected chi connectivity index (χ4v) is 5.52. The fourth-order valence-electron chi connectivity index (χ4n) is 4.43. The van der Waals surface area contributed by atoms with Gasteiger partial charge in [-0.1, -0.05) is 10.3 Å². The second-order valence-corrected chi connectivity index (χ2v) is 8.86. The predicted octanol–water partition coefficient (Wildman–Crippen LogP) is 0.939. The van der Waals surface area contributed by atoms with Crippen molar-refractivity contribution in [2.45, 2.75) is 57.5 Å². The fraction of sp³-hybridized carbons (Fsp3) is 0.667. The molecule has 1 aromatic heterocycles. The Morgan fingerprint density at radius 1 is 1.19 bits per heavy atom. The van der Waals surface area contributed by atoms with Crippen LogP contribution in [0.4, 0.5) is 0 Å². The molecule has 2 amide bonds. The number of rotatable bonds is 3. The van der Waals surface area contributed by atoms with E-state index in [1.54, 1.807) is 12.3 Å². The molecule has 1 saturated carbocycles. The number of aryl methyl sites for hydroxylation is 1. The van der Waals surface area contributed by atoms with Crippen molar-refractivity contribution in [3.63, 3.8) is 0 Å². The van der Waals surface area contributed by atoms with E-state index < -0.39 is 10.8 Å². The lowest BCUT2D eigenvalue weighted by Gasteiger charge is -2.45. The maximum Gasteiger partial charge on any atom is 0.250 e. The molecule has 0 aromatic carbocycles. The number of carbonyl (C=O) groups is 2. The Hall–Kier alpha value is -2.03. The topological polar surface area (TPSA) is 96.6 Å². The first-order chi connectivity index (χ1) is 13.0. The second-order valence-electron chi connectivity index (χ2n) is 7.46. The van der Waals surface area contributed by atoms with Gasteiger partial charge in [-0.15, -0.1) is 0 Å². The van der Waals surface area contributed by atoms with Crippen molar-refractivity contribution in [2.75, 3.05) is 18.8 Å². The molecule has 0 spiro atoms. The summed E-state index contributed by atoms with van der Waals surface area (Å²) in [6.45, 7) is 2.81. The van der Waals surface area contributed by atoms with Gasteiger partial charge in [0.05, 0.1) is 18.5 Å². The first kappa shape index (κ1) is 18.3. The van der Waals surface area contributed by atoms with E-state index in [4.69, 9.17) is 0 Å². The average molecular weight is 392 g/mol. The predicted molar refractivity (Wildman–Crippen MR) is 97.9 cm³/mol. The molecule has 2 aliphatic heterocycles. The van der Waals surface area contributed by atoms with Gasteiger partial charge in [0.2, 0.25) is 5.91 Å². The van der Waals surface area contributed by atoms with Gasteiger partial charge in [-0.25, -0.2) is 4.63 Å². The van der Waals surface area contributed by atoms with Gasteiger partial charge in [-0.05, 0) is 39.0 Å². The zero-order valence-electron chi connectivity index (χ0n) is 15.4. The van der Waals surface area contributed by atoms with E-state index in [1.165, 1.54) is 0 Å². The highest BCUT2D eigenvalue weighted by atomic mass is 32.2. The third-order valence-corrected chi connectivity index (χ3v) is 7.05. The normalized spacial score (nSPS) is 28.0. The molecule has 1 aliphatic carbocycles. The van der Waals surface area contributed by atoms with E-state index in [1.807, 2.05) is 9.80 Å². The highest BCUT2D eigenvalue weighted by molar-refractivity contribution is 7.88. The highest BCUT2D eigenvalue weighted by Crippen LogP contribution is 2.33. The minimum Gasteiger partial charge on any atom is -0.336 e. The number of fused-ring (bicyclic) bond motifs is 1. The summed E-state index contributed by atoms with van der Waals surface area (Å²) in [6, 6.07) is 0.0908. The highest BCUT2D eigenvalue weighted by Gasteiger charge is 2.44. The van der Waals surface area contributed by atoms with E-state index in [-0.39, 0.29) is 30.3 Å². The maximum atomic E-state index is 13.0. The van der Waals surface area contributed by atoms with Crippen LogP contribution in [0.2, 0.25) is 0 Å². The number of nitrogens with zero attached hydrogens (tertiary/aromatic N) is 4. The van der Waals surface area contributed by atoms with Crippen molar-refractivity contribution in [1.29, 1.82) is 0 Å². The number of aromatic nitrogens is 2. The van der Waals surface area contributed by atoms with Crippen LogP contribution < -0.4 is 0 Å². The molecule has 27 heavy (non-hydrogen) atoms. The van der Waals surface area contributed by atoms with Crippen LogP contribution in [0.1, 0.15) is 43.5 Å². The molecule has 4 rings (SSSR count). The van der Waals surface area contributed by atoms with Crippen molar-refractivity contribution in [1.82, 2.24) is 20.1 Å². The van der Waals surface area contributed by atoms with E-state index in [0.717, 1.165) is 25.7 Å². The van der Waals surface area contributed by atoms with Crippen LogP contribution in [0, 0.1) is 6.92 Å². The van der Waals surface area contributed by atoms with Crippen molar-refractivity contribution < 1.29 is 18.4 Å². The van der Waals surface area contributed by atoms with Crippen LogP contribution in [0.3, 0.4) is 0 Å². The molecule has 2 fully saturated rings. The summed E-state index contributed by atoms with van der Waals surface area (Å²) in [6.07, 6.45) is 4.47. The minimum absolute atomic E-state index is 0.00333. The molecule has 3 atom stereocenters. The Labute approximate surface area is 160 Å². The molecule has 8 nitrogen and oxygen atoms in total. The van der Waals surface area contributed by atoms with Gasteiger partial charge in [0.1, 0.15) is 11.4 Å². The van der Waals surface area contributed by atoms with Gasteiger partial charge in [-0.2, -0.15) is 0 Å². The van der Waals surface area contributed by atoms with E-state index >= 15 is 0 Å². The third kappa shape index (κ3) is 3.56. The summed E-state index contributed by atoms with van der Waals surface area (Å²) in [5.74, 6) is 0.654. The van der Waals surface area contributed by atoms with Gasteiger partial charge >= 0.3 is 0 Å². The van der Waals surface area contributed by atoms with Gasteiger partial charge in [0, 0.05) is 40.6 Å². The molecule has 0 bridgehead atoms. The Bertz CT molecular complexity index is 805. The van der Waals surface area contributed by atoms with Gasteiger partial charge < -0.3 is 9.80 Å². The number of carbonyl (C=O) groups excluding carboxylic acids is 2. The van der Waals surface area contributed by atoms with Crippen LogP contribution in [0.15, 0.2) is 15.6 Å². The van der Waals surface area contributed by atoms with Gasteiger partial charge in [0.15, 0.2) is 0 Å². The summed E-state index contributed by atoms with van der Waals surface area (Å²) in [5, 5.41) is 9.18. The summed E-state index contributed by atoms with van der Waals surface area (Å²) in [5.41, 5.74) is 1.88. The van der Waals surface area contributed by atoms with Crippen LogP contribution >= 0.6 is 0 Å². The molecule has 1 saturated heterocycles. The summed E-state index contributed by atoms with van der Waals surface area (Å²) in [7, 11) is -1.03. The maximum absolute atomic E-state index is 13.0. The Morgan fingerprint density at radius 2 is 1.93 bits per heavy atom. The zero-order valence-corrected chi connectivity index (χ0v) is 16.2. The van der Waals surface area contributed by atoms with Gasteiger partial charge in [0.25, 0.3) is 5.91 Å². The average Bonchev–Trinajstić information content (AvgIpc) is 3.30. The van der Waals surface area contributed by atoms with Crippen LogP contribution in [0.5, 0.6) is 0 Å². The molecule has 3 aliphatic rings. The van der Waals surface area contributed by atoms with Crippen LogP contribution in [-0.2, 0) is 26.8 Å².